The molecule has 0 radical (unpaired) electrons. The molecule has 30 valence electrons. The molecule has 0 aromatic heterocycles. The van der Waals surface area contributed by atoms with Crippen molar-refractivity contribution in [2.24, 2.45) is 0 Å². The Balaban J connectivity index is -0.0000000225. The summed E-state index contributed by atoms with van der Waals surface area (Å²) in [6, 6.07) is 0. The van der Waals surface area contributed by atoms with Crippen LogP contribution in [0.2, 0.25) is 0 Å². The van der Waals surface area contributed by atoms with Gasteiger partial charge in [-0.15, -0.1) is 0 Å². The first kappa shape index (κ1) is 15.9. The zero-order valence-electron chi connectivity index (χ0n) is 3.13. The molecule has 6 heavy (non-hydrogen) atoms. The Hall–Kier alpha value is 0.767. The molecule has 0 spiro atoms. The van der Waals surface area contributed by atoms with Crippen LogP contribution in [0.15, 0.2) is 0 Å². The molecule has 0 atom stereocenters. The van der Waals surface area contributed by atoms with Crippen LogP contribution < -0.4 is 0 Å². The fraction of sp³-hybridized carbons (Fsp3) is 0. The van der Waals surface area contributed by atoms with Crippen LogP contribution in [0.5, 0.6) is 0 Å². The molecule has 6 heteroatoms. The van der Waals surface area contributed by atoms with Crippen LogP contribution in [0.3, 0.4) is 0 Å². The second-order valence-corrected chi connectivity index (χ2v) is 0. The van der Waals surface area contributed by atoms with Crippen LogP contribution in [0, 0.1) is 0 Å². The molecule has 2 N–H and O–H groups in total. The number of rotatable bonds is 0. The van der Waals surface area contributed by atoms with Crippen molar-refractivity contribution >= 4 is 0 Å². The summed E-state index contributed by atoms with van der Waals surface area (Å²) < 4.78 is 16.8. The van der Waals surface area contributed by atoms with Gasteiger partial charge in [-0.3, -0.25) is 10.5 Å². The van der Waals surface area contributed by atoms with Crippen LogP contribution in [0.25, 0.3) is 0 Å². The van der Waals surface area contributed by atoms with Gasteiger partial charge in [-0.1, -0.05) is 0 Å². The topological polar surface area (TPSA) is 74.6 Å². The monoisotopic (exact) mass is 194 g/mol. The van der Waals surface area contributed by atoms with Crippen LogP contribution in [0.1, 0.15) is 0 Å². The maximum absolute atomic E-state index is 8.38. The summed E-state index contributed by atoms with van der Waals surface area (Å²) in [5.74, 6) is 0. The predicted molar refractivity (Wildman–Crippen MR) is 6.63 cm³/mol. The fourth-order valence-electron chi connectivity index (χ4n) is 0. The average molecular weight is 197 g/mol. The SMILES string of the molecule is OO.[O]=[Zn].[O]=[Zn]. The molecular weight excluding hydrogens is 195 g/mol. The summed E-state index contributed by atoms with van der Waals surface area (Å²) in [5, 5.41) is 12.0. The molecule has 0 fully saturated rings. The van der Waals surface area contributed by atoms with Gasteiger partial charge in [-0.2, -0.15) is 0 Å². The van der Waals surface area contributed by atoms with E-state index in [1.54, 1.807) is 0 Å². The summed E-state index contributed by atoms with van der Waals surface area (Å²) >= 11 is 0.250. The Morgan fingerprint density at radius 2 is 0.833 bits per heavy atom. The van der Waals surface area contributed by atoms with Gasteiger partial charge in [0.05, 0.1) is 0 Å². The molecule has 0 aliphatic rings. The first-order valence-corrected chi connectivity index (χ1v) is 3.20. The van der Waals surface area contributed by atoms with E-state index in [9.17, 15) is 0 Å². The van der Waals surface area contributed by atoms with E-state index in [1.165, 1.54) is 0 Å². The van der Waals surface area contributed by atoms with Gasteiger partial charge in [0.15, 0.2) is 0 Å². The summed E-state index contributed by atoms with van der Waals surface area (Å²) in [6.45, 7) is 0. The van der Waals surface area contributed by atoms with Gasteiger partial charge in [-0.05, 0) is 0 Å². The molecule has 0 saturated heterocycles. The molecule has 0 unspecified atom stereocenters. The summed E-state index contributed by atoms with van der Waals surface area (Å²) in [6.07, 6.45) is 0. The van der Waals surface area contributed by atoms with Crippen LogP contribution in [0.4, 0.5) is 0 Å². The zero-order valence-corrected chi connectivity index (χ0v) is 9.06. The molecule has 0 aliphatic carbocycles. The Labute approximate surface area is 54.4 Å². The van der Waals surface area contributed by atoms with Gasteiger partial charge < -0.3 is 0 Å². The van der Waals surface area contributed by atoms with Crippen molar-refractivity contribution in [2.45, 2.75) is 0 Å². The van der Waals surface area contributed by atoms with Gasteiger partial charge in [-0.25, -0.2) is 0 Å². The van der Waals surface area contributed by atoms with Crippen molar-refractivity contribution in [3.63, 3.8) is 0 Å². The quantitative estimate of drug-likeness (QED) is 0.319. The third-order valence-electron chi connectivity index (χ3n) is 0. The molecule has 0 aromatic carbocycles. The second kappa shape index (κ2) is 223. The Kier molecular flexibility index (Phi) is 589. The Bertz CT molecular complexity index is 7.51. The van der Waals surface area contributed by atoms with Crippen LogP contribution in [-0.4, -0.2) is 10.5 Å². The molecule has 0 bridgehead atoms. The Morgan fingerprint density at radius 1 is 0.833 bits per heavy atom. The standard InChI is InChI=1S/H2O2.2O.2Zn/c1-2;;;;/h1-2H;;;;. The summed E-state index contributed by atoms with van der Waals surface area (Å²) in [5.41, 5.74) is 0. The molecule has 4 nitrogen and oxygen atoms in total. The molecule has 0 heterocycles. The van der Waals surface area contributed by atoms with E-state index in [4.69, 9.17) is 17.7 Å². The molecule has 0 rings (SSSR count). The molecule has 0 aliphatic heterocycles. The van der Waals surface area contributed by atoms with E-state index < -0.39 is 0 Å². The van der Waals surface area contributed by atoms with Crippen molar-refractivity contribution in [3.8, 4) is 0 Å². The summed E-state index contributed by atoms with van der Waals surface area (Å²) in [7, 11) is 0. The minimum atomic E-state index is 0.125. The average Bonchev–Trinajstić information content (AvgIpc) is 1.81. The van der Waals surface area contributed by atoms with E-state index in [-0.39, 0.29) is 36.5 Å². The molecule has 0 aromatic rings. The Morgan fingerprint density at radius 3 is 0.833 bits per heavy atom. The normalized spacial score (nSPS) is 3.00. The first-order valence-electron chi connectivity index (χ1n) is 0.777. The predicted octanol–water partition coefficient (Wildman–Crippen LogP) is -0.225. The van der Waals surface area contributed by atoms with E-state index in [0.29, 0.717) is 0 Å². The van der Waals surface area contributed by atoms with Crippen molar-refractivity contribution in [3.05, 3.63) is 0 Å². The van der Waals surface area contributed by atoms with Crippen LogP contribution in [-0.2, 0) is 43.7 Å². The maximum atomic E-state index is 8.38. The van der Waals surface area contributed by atoms with Crippen LogP contribution >= 0.6 is 0 Å². The van der Waals surface area contributed by atoms with Crippen molar-refractivity contribution in [2.75, 3.05) is 0 Å². The van der Waals surface area contributed by atoms with Gasteiger partial charge >= 0.3 is 43.7 Å². The van der Waals surface area contributed by atoms with E-state index in [2.05, 4.69) is 0 Å². The summed E-state index contributed by atoms with van der Waals surface area (Å²) in [4.78, 5) is 0. The van der Waals surface area contributed by atoms with Gasteiger partial charge in [0.1, 0.15) is 0 Å². The first-order chi connectivity index (χ1) is 3.00. The molecule has 0 saturated carbocycles. The van der Waals surface area contributed by atoms with Crippen molar-refractivity contribution in [1.82, 2.24) is 0 Å². The molecular formula is H2O4Zn2. The number of hydrogen-bond donors (Lipinski definition) is 2. The van der Waals surface area contributed by atoms with E-state index in [1.807, 2.05) is 0 Å². The molecule has 0 amide bonds. The van der Waals surface area contributed by atoms with Gasteiger partial charge in [0, 0.05) is 0 Å². The zero-order chi connectivity index (χ0) is 6.00. The van der Waals surface area contributed by atoms with E-state index in [0.717, 1.165) is 0 Å². The van der Waals surface area contributed by atoms with Gasteiger partial charge in [0.25, 0.3) is 0 Å². The van der Waals surface area contributed by atoms with Crippen molar-refractivity contribution < 1.29 is 54.2 Å². The minimum absolute atomic E-state index is 0.125. The third-order valence-corrected chi connectivity index (χ3v) is 0. The fourth-order valence-corrected chi connectivity index (χ4v) is 0. The van der Waals surface area contributed by atoms with E-state index >= 15 is 0 Å². The van der Waals surface area contributed by atoms with Gasteiger partial charge in [0.2, 0.25) is 0 Å². The van der Waals surface area contributed by atoms with Crippen molar-refractivity contribution in [1.29, 1.82) is 0 Å². The second-order valence-electron chi connectivity index (χ2n) is 0. The third kappa shape index (κ3) is 115. The number of hydrogen-bond acceptors (Lipinski definition) is 4.